The van der Waals surface area contributed by atoms with E-state index in [9.17, 15) is 14.8 Å². The van der Waals surface area contributed by atoms with Gasteiger partial charge in [-0.1, -0.05) is 36.4 Å². The number of nitrogens with one attached hydrogen (secondary N) is 2. The highest BCUT2D eigenvalue weighted by Gasteiger charge is 2.18. The molecule has 10 heteroatoms. The number of carbonyl (C=O) groups is 1. The number of nitrogen functional groups attached to an aromatic ring is 1. The molecule has 0 atom stereocenters. The second-order valence-corrected chi connectivity index (χ2v) is 8.81. The summed E-state index contributed by atoms with van der Waals surface area (Å²) >= 11 is 0. The predicted octanol–water partition coefficient (Wildman–Crippen LogP) is 3.59. The van der Waals surface area contributed by atoms with Crippen LogP contribution >= 0.6 is 0 Å². The molecule has 1 amide bonds. The van der Waals surface area contributed by atoms with Crippen molar-refractivity contribution >= 4 is 34.0 Å². The summed E-state index contributed by atoms with van der Waals surface area (Å²) in [5, 5.41) is 23.4. The number of hydrogen-bond acceptors (Lipinski definition) is 8. The van der Waals surface area contributed by atoms with Gasteiger partial charge in [-0.2, -0.15) is 0 Å². The quantitative estimate of drug-likeness (QED) is 0.164. The van der Waals surface area contributed by atoms with Gasteiger partial charge in [0.15, 0.2) is 0 Å². The minimum absolute atomic E-state index is 0.0471. The fraction of sp³-hybridized carbons (Fsp3) is 0.222. The topological polar surface area (TPSA) is 150 Å². The van der Waals surface area contributed by atoms with Crippen molar-refractivity contribution in [2.45, 2.75) is 33.7 Å². The number of hydroxylamine groups is 2. The molecule has 0 saturated carbocycles. The van der Waals surface area contributed by atoms with E-state index in [0.717, 1.165) is 22.2 Å². The number of nitrogens with zero attached hydrogens (tertiary/aromatic N) is 4. The second kappa shape index (κ2) is 10.6. The Kier molecular flexibility index (Phi) is 7.30. The number of hydrogen-bond donors (Lipinski definition) is 4. The SMILES string of the molecule is CC(=O)N(O)CCC(=N)c1c(N)ncnc1NCc1cc2cccc(C)c2c(=O)n1-c1ccccc1C. The number of pyridine rings is 1. The number of aromatic nitrogens is 3. The van der Waals surface area contributed by atoms with Crippen LogP contribution in [0, 0.1) is 19.3 Å². The van der Waals surface area contributed by atoms with E-state index in [0.29, 0.717) is 22.0 Å². The van der Waals surface area contributed by atoms with Gasteiger partial charge in [-0.15, -0.1) is 0 Å². The first kappa shape index (κ1) is 25.5. The fourth-order valence-electron chi connectivity index (χ4n) is 4.30. The molecule has 0 unspecified atom stereocenters. The fourth-order valence-corrected chi connectivity index (χ4v) is 4.30. The van der Waals surface area contributed by atoms with Gasteiger partial charge in [-0.25, -0.2) is 15.0 Å². The summed E-state index contributed by atoms with van der Waals surface area (Å²) in [6, 6.07) is 15.4. The molecule has 2 aromatic heterocycles. The van der Waals surface area contributed by atoms with E-state index in [2.05, 4.69) is 15.3 Å². The van der Waals surface area contributed by atoms with Crippen molar-refractivity contribution in [3.05, 3.63) is 87.6 Å². The highest BCUT2D eigenvalue weighted by Crippen LogP contribution is 2.24. The summed E-state index contributed by atoms with van der Waals surface area (Å²) in [4.78, 5) is 33.4. The minimum atomic E-state index is -0.524. The first-order valence-corrected chi connectivity index (χ1v) is 11.8. The maximum Gasteiger partial charge on any atom is 0.263 e. The molecule has 0 aliphatic carbocycles. The number of fused-ring (bicyclic) bond motifs is 1. The van der Waals surface area contributed by atoms with Gasteiger partial charge in [0.1, 0.15) is 18.0 Å². The van der Waals surface area contributed by atoms with Crippen molar-refractivity contribution in [3.8, 4) is 5.69 Å². The summed E-state index contributed by atoms with van der Waals surface area (Å²) in [5.74, 6) is -0.109. The van der Waals surface area contributed by atoms with Crippen molar-refractivity contribution < 1.29 is 10.0 Å². The van der Waals surface area contributed by atoms with Gasteiger partial charge in [-0.3, -0.25) is 19.4 Å². The largest absolute Gasteiger partial charge is 0.383 e. The molecule has 5 N–H and O–H groups in total. The van der Waals surface area contributed by atoms with E-state index < -0.39 is 5.91 Å². The third kappa shape index (κ3) is 5.19. The predicted molar refractivity (Wildman–Crippen MR) is 143 cm³/mol. The molecule has 190 valence electrons. The van der Waals surface area contributed by atoms with Crippen molar-refractivity contribution in [2.75, 3.05) is 17.6 Å². The number of rotatable bonds is 8. The van der Waals surface area contributed by atoms with Gasteiger partial charge in [0.05, 0.1) is 29.7 Å². The lowest BCUT2D eigenvalue weighted by Gasteiger charge is -2.19. The van der Waals surface area contributed by atoms with Gasteiger partial charge < -0.3 is 16.5 Å². The van der Waals surface area contributed by atoms with Crippen molar-refractivity contribution in [1.29, 1.82) is 5.41 Å². The lowest BCUT2D eigenvalue weighted by molar-refractivity contribution is -0.162. The number of carbonyl (C=O) groups excluding carboxylic acids is 1. The Hall–Kier alpha value is -4.57. The molecule has 0 fully saturated rings. The summed E-state index contributed by atoms with van der Waals surface area (Å²) in [6.07, 6.45) is 1.34. The van der Waals surface area contributed by atoms with E-state index >= 15 is 0 Å². The molecule has 0 saturated heterocycles. The Balaban J connectivity index is 1.75. The van der Waals surface area contributed by atoms with Crippen molar-refractivity contribution in [3.63, 3.8) is 0 Å². The van der Waals surface area contributed by atoms with E-state index in [1.54, 1.807) is 4.57 Å². The van der Waals surface area contributed by atoms with Crippen LogP contribution in [0.2, 0.25) is 0 Å². The van der Waals surface area contributed by atoms with Crippen LogP contribution in [0.15, 0.2) is 59.7 Å². The number of nitrogens with two attached hydrogens (primary N) is 1. The molecule has 0 bridgehead atoms. The number of aryl methyl sites for hydroxylation is 2. The molecule has 2 aromatic carbocycles. The normalized spacial score (nSPS) is 10.9. The van der Waals surface area contributed by atoms with Crippen LogP contribution in [-0.4, -0.2) is 43.0 Å². The van der Waals surface area contributed by atoms with E-state index in [1.807, 2.05) is 62.4 Å². The molecule has 4 aromatic rings. The average molecular weight is 500 g/mol. The number of para-hydroxylation sites is 1. The van der Waals surface area contributed by atoms with Gasteiger partial charge in [-0.05, 0) is 42.5 Å². The molecular formula is C27H29N7O3. The van der Waals surface area contributed by atoms with Crippen LogP contribution in [0.1, 0.15) is 35.7 Å². The molecule has 0 aliphatic heterocycles. The van der Waals surface area contributed by atoms with Crippen LogP contribution in [0.3, 0.4) is 0 Å². The van der Waals surface area contributed by atoms with Crippen LogP contribution in [0.5, 0.6) is 0 Å². The molecule has 4 rings (SSSR count). The summed E-state index contributed by atoms with van der Waals surface area (Å²) < 4.78 is 1.70. The number of benzene rings is 2. The van der Waals surface area contributed by atoms with Gasteiger partial charge in [0.2, 0.25) is 5.91 Å². The Morgan fingerprint density at radius 2 is 1.86 bits per heavy atom. The summed E-state index contributed by atoms with van der Waals surface area (Å²) in [5.41, 5.74) is 9.62. The second-order valence-electron chi connectivity index (χ2n) is 8.81. The standard InChI is InChI=1S/C27H29N7O3/c1-16-7-4-5-10-22(16)34-20(13-19-9-6-8-17(2)23(19)27(34)36)14-30-26-24(25(29)31-15-32-26)21(28)11-12-33(37)18(3)35/h4-10,13,15,28,37H,11-12,14H2,1-3H3,(H3,29,30,31,32). The van der Waals surface area contributed by atoms with Crippen LogP contribution < -0.4 is 16.6 Å². The molecule has 2 heterocycles. The van der Waals surface area contributed by atoms with Gasteiger partial charge in [0.25, 0.3) is 5.56 Å². The van der Waals surface area contributed by atoms with E-state index in [4.69, 9.17) is 11.1 Å². The third-order valence-corrected chi connectivity index (χ3v) is 6.24. The summed E-state index contributed by atoms with van der Waals surface area (Å²) in [6.45, 7) is 5.25. The Morgan fingerprint density at radius 3 is 2.59 bits per heavy atom. The maximum absolute atomic E-state index is 13.8. The zero-order chi connectivity index (χ0) is 26.7. The van der Waals surface area contributed by atoms with Crippen molar-refractivity contribution in [2.24, 2.45) is 0 Å². The number of anilines is 2. The molecule has 10 nitrogen and oxygen atoms in total. The first-order valence-electron chi connectivity index (χ1n) is 11.8. The smallest absolute Gasteiger partial charge is 0.263 e. The van der Waals surface area contributed by atoms with Crippen LogP contribution in [-0.2, 0) is 11.3 Å². The Morgan fingerprint density at radius 1 is 1.14 bits per heavy atom. The average Bonchev–Trinajstić information content (AvgIpc) is 2.86. The molecular weight excluding hydrogens is 470 g/mol. The van der Waals surface area contributed by atoms with E-state index in [-0.39, 0.29) is 42.2 Å². The third-order valence-electron chi connectivity index (χ3n) is 6.24. The first-order chi connectivity index (χ1) is 17.7. The zero-order valence-corrected chi connectivity index (χ0v) is 20.9. The monoisotopic (exact) mass is 499 g/mol. The van der Waals surface area contributed by atoms with Crippen LogP contribution in [0.4, 0.5) is 11.6 Å². The minimum Gasteiger partial charge on any atom is -0.383 e. The number of amides is 1. The molecule has 0 spiro atoms. The van der Waals surface area contributed by atoms with Gasteiger partial charge in [0, 0.05) is 24.8 Å². The lowest BCUT2D eigenvalue weighted by atomic mass is 10.0. The summed E-state index contributed by atoms with van der Waals surface area (Å²) in [7, 11) is 0. The Labute approximate surface area is 213 Å². The Bertz CT molecular complexity index is 1560. The van der Waals surface area contributed by atoms with Gasteiger partial charge >= 0.3 is 0 Å². The lowest BCUT2D eigenvalue weighted by Crippen LogP contribution is -2.28. The molecule has 0 radical (unpaired) electrons. The molecule has 0 aliphatic rings. The highest BCUT2D eigenvalue weighted by molar-refractivity contribution is 6.06. The van der Waals surface area contributed by atoms with Crippen molar-refractivity contribution in [1.82, 2.24) is 19.6 Å². The molecule has 37 heavy (non-hydrogen) atoms. The zero-order valence-electron chi connectivity index (χ0n) is 20.9. The highest BCUT2D eigenvalue weighted by atomic mass is 16.5. The van der Waals surface area contributed by atoms with E-state index in [1.165, 1.54) is 13.3 Å². The van der Waals surface area contributed by atoms with Crippen LogP contribution in [0.25, 0.3) is 16.5 Å². The maximum atomic E-state index is 13.8.